The summed E-state index contributed by atoms with van der Waals surface area (Å²) >= 11 is 3.08. The molecule has 0 saturated heterocycles. The van der Waals surface area contributed by atoms with Gasteiger partial charge < -0.3 is 10.4 Å². The van der Waals surface area contributed by atoms with Gasteiger partial charge in [-0.2, -0.15) is 0 Å². The van der Waals surface area contributed by atoms with Gasteiger partial charge in [0.1, 0.15) is 0 Å². The summed E-state index contributed by atoms with van der Waals surface area (Å²) in [5, 5.41) is 12.7. The van der Waals surface area contributed by atoms with Crippen molar-refractivity contribution in [1.82, 2.24) is 5.32 Å². The van der Waals surface area contributed by atoms with Crippen molar-refractivity contribution in [3.05, 3.63) is 0 Å². The smallest absolute Gasteiger partial charge is 0.230 e. The number of aliphatic hydroxyl groups is 1. The van der Waals surface area contributed by atoms with Crippen LogP contribution in [0.3, 0.4) is 0 Å². The first-order valence-electron chi connectivity index (χ1n) is 4.74. The minimum absolute atomic E-state index is 0.00206. The first-order valence-corrected chi connectivity index (χ1v) is 5.87. The summed E-state index contributed by atoms with van der Waals surface area (Å²) in [5.41, 5.74) is 0. The van der Waals surface area contributed by atoms with Gasteiger partial charge in [0.2, 0.25) is 5.91 Å². The number of rotatable bonds is 3. The molecule has 1 saturated carbocycles. The Morgan fingerprint density at radius 1 is 1.46 bits per heavy atom. The van der Waals surface area contributed by atoms with Gasteiger partial charge in [0, 0.05) is 12.5 Å². The molecule has 0 aromatic rings. The van der Waals surface area contributed by atoms with E-state index in [0.29, 0.717) is 11.9 Å². The Morgan fingerprint density at radius 3 is 2.77 bits per heavy atom. The largest absolute Gasteiger partial charge is 0.393 e. The minimum Gasteiger partial charge on any atom is -0.393 e. The summed E-state index contributed by atoms with van der Waals surface area (Å²) in [5.74, 6) is 0.259. The zero-order chi connectivity index (χ0) is 9.68. The molecule has 0 radical (unpaired) electrons. The maximum absolute atomic E-state index is 10.9. The predicted octanol–water partition coefficient (Wildman–Crippen LogP) is 1.05. The third kappa shape index (κ3) is 3.65. The average molecular weight is 250 g/mol. The third-order valence-corrected chi connectivity index (χ3v) is 3.06. The van der Waals surface area contributed by atoms with E-state index in [0.717, 1.165) is 19.3 Å². The second-order valence-corrected chi connectivity index (χ2v) is 4.11. The molecule has 0 aromatic heterocycles. The molecule has 2 atom stereocenters. The van der Waals surface area contributed by atoms with E-state index < -0.39 is 0 Å². The van der Waals surface area contributed by atoms with Crippen molar-refractivity contribution < 1.29 is 9.90 Å². The van der Waals surface area contributed by atoms with Crippen molar-refractivity contribution in [1.29, 1.82) is 0 Å². The van der Waals surface area contributed by atoms with Crippen LogP contribution in [0.2, 0.25) is 0 Å². The molecule has 1 rings (SSSR count). The molecule has 1 amide bonds. The van der Waals surface area contributed by atoms with Gasteiger partial charge in [0.25, 0.3) is 0 Å². The van der Waals surface area contributed by atoms with Crippen LogP contribution in [-0.4, -0.2) is 29.0 Å². The van der Waals surface area contributed by atoms with E-state index >= 15 is 0 Å². The standard InChI is InChI=1S/C9H16BrNO2/c10-5-9(13)11-6-7-3-1-2-4-8(7)12/h7-8,12H,1-6H2,(H,11,13). The van der Waals surface area contributed by atoms with E-state index in [9.17, 15) is 9.90 Å². The topological polar surface area (TPSA) is 49.3 Å². The molecule has 1 fully saturated rings. The van der Waals surface area contributed by atoms with E-state index in [1.807, 2.05) is 0 Å². The fraction of sp³-hybridized carbons (Fsp3) is 0.889. The van der Waals surface area contributed by atoms with E-state index in [2.05, 4.69) is 21.2 Å². The van der Waals surface area contributed by atoms with Crippen molar-refractivity contribution in [3.8, 4) is 0 Å². The number of amides is 1. The predicted molar refractivity (Wildman–Crippen MR) is 54.8 cm³/mol. The Morgan fingerprint density at radius 2 is 2.15 bits per heavy atom. The number of aliphatic hydroxyl groups excluding tert-OH is 1. The van der Waals surface area contributed by atoms with Gasteiger partial charge in [-0.15, -0.1) is 0 Å². The van der Waals surface area contributed by atoms with E-state index in [-0.39, 0.29) is 17.9 Å². The number of hydrogen-bond acceptors (Lipinski definition) is 2. The molecule has 4 heteroatoms. The maximum Gasteiger partial charge on any atom is 0.230 e. The van der Waals surface area contributed by atoms with Crippen LogP contribution in [0.4, 0.5) is 0 Å². The van der Waals surface area contributed by atoms with E-state index in [4.69, 9.17) is 0 Å². The maximum atomic E-state index is 10.9. The molecule has 0 bridgehead atoms. The lowest BCUT2D eigenvalue weighted by molar-refractivity contribution is -0.118. The first-order chi connectivity index (χ1) is 6.24. The molecule has 0 spiro atoms. The highest BCUT2D eigenvalue weighted by Gasteiger charge is 2.22. The molecule has 2 unspecified atom stereocenters. The lowest BCUT2D eigenvalue weighted by Crippen LogP contribution is -2.37. The summed E-state index contributed by atoms with van der Waals surface area (Å²) in [7, 11) is 0. The Kier molecular flexibility index (Phi) is 4.73. The molecule has 0 aromatic carbocycles. The second-order valence-electron chi connectivity index (χ2n) is 3.55. The van der Waals surface area contributed by atoms with Gasteiger partial charge in [-0.3, -0.25) is 4.79 Å². The van der Waals surface area contributed by atoms with E-state index in [1.165, 1.54) is 6.42 Å². The van der Waals surface area contributed by atoms with Crippen LogP contribution in [-0.2, 0) is 4.79 Å². The molecule has 3 nitrogen and oxygen atoms in total. The van der Waals surface area contributed by atoms with Gasteiger partial charge in [-0.1, -0.05) is 28.8 Å². The molecular weight excluding hydrogens is 234 g/mol. The quantitative estimate of drug-likeness (QED) is 0.735. The molecule has 0 aliphatic heterocycles. The van der Waals surface area contributed by atoms with Crippen LogP contribution in [0.15, 0.2) is 0 Å². The van der Waals surface area contributed by atoms with Gasteiger partial charge in [0.05, 0.1) is 11.4 Å². The van der Waals surface area contributed by atoms with Crippen molar-refractivity contribution >= 4 is 21.8 Å². The van der Waals surface area contributed by atoms with Gasteiger partial charge in [-0.25, -0.2) is 0 Å². The van der Waals surface area contributed by atoms with Crippen LogP contribution in [0.25, 0.3) is 0 Å². The molecule has 1 aliphatic rings. The normalized spacial score (nSPS) is 28.5. The first kappa shape index (κ1) is 11.0. The summed E-state index contributed by atoms with van der Waals surface area (Å²) in [4.78, 5) is 10.9. The Hall–Kier alpha value is -0.0900. The molecule has 76 valence electrons. The van der Waals surface area contributed by atoms with Crippen molar-refractivity contribution in [2.45, 2.75) is 31.8 Å². The minimum atomic E-state index is -0.218. The van der Waals surface area contributed by atoms with Crippen molar-refractivity contribution in [2.75, 3.05) is 11.9 Å². The second kappa shape index (κ2) is 5.60. The van der Waals surface area contributed by atoms with Crippen LogP contribution >= 0.6 is 15.9 Å². The molecule has 0 heterocycles. The summed E-state index contributed by atoms with van der Waals surface area (Å²) in [6, 6.07) is 0. The zero-order valence-electron chi connectivity index (χ0n) is 7.63. The molecule has 13 heavy (non-hydrogen) atoms. The number of hydrogen-bond donors (Lipinski definition) is 2. The van der Waals surface area contributed by atoms with Gasteiger partial charge in [-0.05, 0) is 12.8 Å². The summed E-state index contributed by atoms with van der Waals surface area (Å²) < 4.78 is 0. The zero-order valence-corrected chi connectivity index (χ0v) is 9.22. The van der Waals surface area contributed by atoms with Gasteiger partial charge >= 0.3 is 0 Å². The Balaban J connectivity index is 2.22. The lowest BCUT2D eigenvalue weighted by atomic mass is 9.86. The van der Waals surface area contributed by atoms with Crippen LogP contribution < -0.4 is 5.32 Å². The van der Waals surface area contributed by atoms with Crippen LogP contribution in [0.1, 0.15) is 25.7 Å². The number of halogens is 1. The number of alkyl halides is 1. The van der Waals surface area contributed by atoms with Crippen molar-refractivity contribution in [3.63, 3.8) is 0 Å². The van der Waals surface area contributed by atoms with Crippen LogP contribution in [0, 0.1) is 5.92 Å². The average Bonchev–Trinajstić information content (AvgIpc) is 2.16. The Bertz CT molecular complexity index is 175. The van der Waals surface area contributed by atoms with Crippen LogP contribution in [0.5, 0.6) is 0 Å². The van der Waals surface area contributed by atoms with E-state index in [1.54, 1.807) is 0 Å². The highest BCUT2D eigenvalue weighted by atomic mass is 79.9. The highest BCUT2D eigenvalue weighted by molar-refractivity contribution is 9.09. The molecular formula is C9H16BrNO2. The fourth-order valence-electron chi connectivity index (χ4n) is 1.72. The summed E-state index contributed by atoms with van der Waals surface area (Å²) in [6.07, 6.45) is 3.98. The monoisotopic (exact) mass is 249 g/mol. The number of carbonyl (C=O) groups excluding carboxylic acids is 1. The summed E-state index contributed by atoms with van der Waals surface area (Å²) in [6.45, 7) is 0.617. The highest BCUT2D eigenvalue weighted by Crippen LogP contribution is 2.23. The SMILES string of the molecule is O=C(CBr)NCC1CCCCC1O. The molecule has 1 aliphatic carbocycles. The van der Waals surface area contributed by atoms with Gasteiger partial charge in [0.15, 0.2) is 0 Å². The number of nitrogens with one attached hydrogen (secondary N) is 1. The Labute approximate surface area is 87.0 Å². The van der Waals surface area contributed by atoms with Crippen molar-refractivity contribution in [2.24, 2.45) is 5.92 Å². The number of carbonyl (C=O) groups is 1. The third-order valence-electron chi connectivity index (χ3n) is 2.55. The molecule has 2 N–H and O–H groups in total. The fourth-order valence-corrected chi connectivity index (χ4v) is 1.92. The lowest BCUT2D eigenvalue weighted by Gasteiger charge is -2.27.